The van der Waals surface area contributed by atoms with E-state index >= 15 is 0 Å². The summed E-state index contributed by atoms with van der Waals surface area (Å²) in [5.41, 5.74) is 12.0. The molecule has 278 valence electrons. The first kappa shape index (κ1) is 39.2. The number of allylic oxidation sites excluding steroid dienone is 2. The van der Waals surface area contributed by atoms with Crippen LogP contribution in [-0.2, 0) is 18.0 Å². The Labute approximate surface area is 327 Å². The average Bonchev–Trinajstić information content (AvgIpc) is 3.68. The summed E-state index contributed by atoms with van der Waals surface area (Å²) >= 11 is -3.98. The molecule has 0 amide bonds. The first-order valence-corrected chi connectivity index (χ1v) is 47.6. The number of rotatable bonds is 8. The van der Waals surface area contributed by atoms with Crippen molar-refractivity contribution in [3.63, 3.8) is 0 Å². The second kappa shape index (κ2) is 13.0. The van der Waals surface area contributed by atoms with Gasteiger partial charge in [-0.15, -0.1) is 0 Å². The van der Waals surface area contributed by atoms with Crippen LogP contribution in [0.2, 0.25) is 87.9 Å². The Kier molecular flexibility index (Phi) is 9.62. The Hall–Kier alpha value is -2.03. The van der Waals surface area contributed by atoms with E-state index in [0.717, 1.165) is 0 Å². The van der Waals surface area contributed by atoms with Crippen LogP contribution in [0.3, 0.4) is 0 Å². The van der Waals surface area contributed by atoms with E-state index in [9.17, 15) is 0 Å². The predicted molar refractivity (Wildman–Crippen MR) is 250 cm³/mol. The number of fused-ring (bicyclic) bond motifs is 2. The van der Waals surface area contributed by atoms with Crippen molar-refractivity contribution in [2.24, 2.45) is 0 Å². The van der Waals surface area contributed by atoms with Gasteiger partial charge in [0.2, 0.25) is 0 Å². The van der Waals surface area contributed by atoms with Gasteiger partial charge in [0, 0.05) is 0 Å². The van der Waals surface area contributed by atoms with Crippen molar-refractivity contribution in [3.8, 4) is 22.3 Å². The summed E-state index contributed by atoms with van der Waals surface area (Å²) in [5.74, 6) is 0. The molecule has 0 bridgehead atoms. The van der Waals surface area contributed by atoms with Crippen LogP contribution in [0.5, 0.6) is 0 Å². The van der Waals surface area contributed by atoms with Crippen LogP contribution in [0.15, 0.2) is 84.9 Å². The number of hydrogen-bond donors (Lipinski definition) is 0. The molecule has 0 radical (unpaired) electrons. The molecule has 4 aromatic rings. The molecule has 1 fully saturated rings. The van der Waals surface area contributed by atoms with Gasteiger partial charge >= 0.3 is 330 Å². The van der Waals surface area contributed by atoms with E-state index in [-0.39, 0.29) is 0 Å². The van der Waals surface area contributed by atoms with Gasteiger partial charge < -0.3 is 0 Å². The summed E-state index contributed by atoms with van der Waals surface area (Å²) in [6, 6.07) is 30.1. The molecule has 2 unspecified atom stereocenters. The Morgan fingerprint density at radius 2 is 0.811 bits per heavy atom. The third-order valence-corrected chi connectivity index (χ3v) is 49.1. The topological polar surface area (TPSA) is 0 Å². The minimum atomic E-state index is -3.98. The first-order valence-electron chi connectivity index (χ1n) is 20.5. The van der Waals surface area contributed by atoms with Gasteiger partial charge in [-0.05, 0) is 0 Å². The molecule has 0 spiro atoms. The molecule has 0 nitrogen and oxygen atoms in total. The second-order valence-electron chi connectivity index (χ2n) is 22.0. The molecule has 4 aromatic carbocycles. The van der Waals surface area contributed by atoms with Crippen molar-refractivity contribution in [2.45, 2.75) is 115 Å². The van der Waals surface area contributed by atoms with Gasteiger partial charge in [-0.1, -0.05) is 0 Å². The molecule has 3 aliphatic rings. The van der Waals surface area contributed by atoms with Crippen LogP contribution in [0.1, 0.15) is 48.9 Å². The summed E-state index contributed by atoms with van der Waals surface area (Å²) in [5, 5.41) is 6.39. The maximum absolute atomic E-state index is 3.98. The number of benzene rings is 4. The fourth-order valence-corrected chi connectivity index (χ4v) is 39.9. The zero-order valence-corrected chi connectivity index (χ0v) is 43.1. The van der Waals surface area contributed by atoms with E-state index < -0.39 is 50.3 Å². The van der Waals surface area contributed by atoms with Crippen LogP contribution in [0, 0.1) is 0 Å². The summed E-state index contributed by atoms with van der Waals surface area (Å²) < 4.78 is 8.73. The van der Waals surface area contributed by atoms with Gasteiger partial charge in [0.15, 0.2) is 0 Å². The van der Waals surface area contributed by atoms with Crippen molar-refractivity contribution in [1.82, 2.24) is 0 Å². The van der Waals surface area contributed by atoms with Crippen LogP contribution in [0.25, 0.3) is 34.4 Å². The van der Waals surface area contributed by atoms with Crippen LogP contribution in [-0.4, -0.2) is 35.6 Å². The first-order chi connectivity index (χ1) is 24.5. The summed E-state index contributed by atoms with van der Waals surface area (Å²) in [6.45, 7) is 30.1. The fourth-order valence-electron chi connectivity index (χ4n) is 9.80. The molecule has 7 rings (SSSR count). The Bertz CT molecular complexity index is 2050. The van der Waals surface area contributed by atoms with E-state index in [4.69, 9.17) is 0 Å². The molecule has 1 saturated carbocycles. The normalized spacial score (nSPS) is 19.0. The van der Waals surface area contributed by atoms with Crippen molar-refractivity contribution in [3.05, 3.63) is 107 Å². The third-order valence-electron chi connectivity index (χ3n) is 13.8. The quantitative estimate of drug-likeness (QED) is 0.154. The standard InChI is InChI=1S/2C21H27Si2.C4H6.2CH3.Hf/c2*1-22(2,3)18-13-17(14-19(15-18)23(4,5)6)21-12-8-10-16-9-7-11-20(16)21;1-2-4-3-1;;;/h2*7-15H,1-6H3;1-3H2;2*1H3;. The van der Waals surface area contributed by atoms with Crippen LogP contribution in [0.4, 0.5) is 0 Å². The van der Waals surface area contributed by atoms with Gasteiger partial charge in [0.1, 0.15) is 0 Å². The second-order valence-corrected chi connectivity index (χ2v) is 68.0. The fraction of sp³-hybridized carbons (Fsp3) is 0.396. The van der Waals surface area contributed by atoms with E-state index in [0.29, 0.717) is 7.35 Å². The monoisotopic (exact) mass is 934 g/mol. The SMILES string of the molecule is C[Si](C)(C)c1cc(-c2cccc3c2C=C[CH]3[Hf]([CH3])([CH3])(=[C]2CCC2)[CH]2C=Cc3c(-c4cc([Si](C)(C)C)cc([Si](C)(C)C)c4)cccc32)cc([Si](C)(C)C)c1. The van der Waals surface area contributed by atoms with Crippen molar-refractivity contribution >= 4 is 68.4 Å². The maximum atomic E-state index is 2.86. The molecular weight excluding hydrogens is 867 g/mol. The zero-order chi connectivity index (χ0) is 38.5. The van der Waals surface area contributed by atoms with Crippen molar-refractivity contribution in [2.75, 3.05) is 0 Å². The molecule has 2 atom stereocenters. The molecule has 53 heavy (non-hydrogen) atoms. The third kappa shape index (κ3) is 6.81. The summed E-state index contributed by atoms with van der Waals surface area (Å²) in [6.07, 6.45) is 14.5. The van der Waals surface area contributed by atoms with Gasteiger partial charge in [-0.25, -0.2) is 0 Å². The minimum absolute atomic E-state index is 0.520. The van der Waals surface area contributed by atoms with Crippen LogP contribution < -0.4 is 20.7 Å². The molecule has 0 aromatic heterocycles. The summed E-state index contributed by atoms with van der Waals surface area (Å²) in [7, 11) is -6.00. The van der Waals surface area contributed by atoms with E-state index in [1.807, 2.05) is 3.26 Å². The Balaban J connectivity index is 1.38. The van der Waals surface area contributed by atoms with Crippen molar-refractivity contribution in [1.29, 1.82) is 0 Å². The number of hydrogen-bond acceptors (Lipinski definition) is 0. The zero-order valence-electron chi connectivity index (χ0n) is 35.5. The van der Waals surface area contributed by atoms with Gasteiger partial charge in [0.05, 0.1) is 0 Å². The Morgan fingerprint density at radius 1 is 0.472 bits per heavy atom. The van der Waals surface area contributed by atoms with E-state index in [2.05, 4.69) is 185 Å². The molecule has 0 heterocycles. The van der Waals surface area contributed by atoms with Gasteiger partial charge in [0.25, 0.3) is 0 Å². The van der Waals surface area contributed by atoms with Crippen molar-refractivity contribution < 1.29 is 18.0 Å². The molecule has 5 heteroatoms. The van der Waals surface area contributed by atoms with E-state index in [1.165, 1.54) is 52.6 Å². The van der Waals surface area contributed by atoms with E-state index in [1.54, 1.807) is 31.9 Å². The average molecular weight is 934 g/mol. The molecule has 3 aliphatic carbocycles. The summed E-state index contributed by atoms with van der Waals surface area (Å²) in [4.78, 5) is 0. The van der Waals surface area contributed by atoms with Gasteiger partial charge in [-0.2, -0.15) is 0 Å². The van der Waals surface area contributed by atoms with Crippen LogP contribution >= 0.6 is 0 Å². The van der Waals surface area contributed by atoms with Gasteiger partial charge in [-0.3, -0.25) is 0 Å². The molecule has 0 aliphatic heterocycles. The molecule has 0 N–H and O–H groups in total. The Morgan fingerprint density at radius 3 is 1.09 bits per heavy atom. The molecule has 0 saturated heterocycles. The predicted octanol–water partition coefficient (Wildman–Crippen LogP) is 12.2. The molecular formula is C48H66HfSi4.